The molecule has 1 saturated heterocycles. The van der Waals surface area contributed by atoms with Crippen molar-refractivity contribution < 1.29 is 9.53 Å². The Morgan fingerprint density at radius 1 is 1.32 bits per heavy atom. The zero-order valence-electron chi connectivity index (χ0n) is 11.2. The van der Waals surface area contributed by atoms with Gasteiger partial charge in [-0.15, -0.1) is 0 Å². The highest BCUT2D eigenvalue weighted by molar-refractivity contribution is 5.67. The molecule has 0 bridgehead atoms. The van der Waals surface area contributed by atoms with Crippen LogP contribution in [0.4, 0.5) is 4.79 Å². The summed E-state index contributed by atoms with van der Waals surface area (Å²) in [6.07, 6.45) is 3.31. The van der Waals surface area contributed by atoms with E-state index in [1.54, 1.807) is 0 Å². The molecule has 1 aliphatic heterocycles. The van der Waals surface area contributed by atoms with Crippen LogP contribution in [0.5, 0.6) is 0 Å². The average molecular weight is 262 g/mol. The molecule has 1 aromatic rings. The van der Waals surface area contributed by atoms with E-state index in [1.807, 2.05) is 30.3 Å². The summed E-state index contributed by atoms with van der Waals surface area (Å²) in [7, 11) is 0. The Kier molecular flexibility index (Phi) is 5.69. The van der Waals surface area contributed by atoms with Gasteiger partial charge in [-0.2, -0.15) is 0 Å². The number of hydrogen-bond acceptors (Lipinski definition) is 3. The van der Waals surface area contributed by atoms with Gasteiger partial charge in [0.15, 0.2) is 0 Å². The van der Waals surface area contributed by atoms with Crippen molar-refractivity contribution in [2.24, 2.45) is 5.92 Å². The Labute approximate surface area is 114 Å². The van der Waals surface area contributed by atoms with Gasteiger partial charge in [0.05, 0.1) is 0 Å². The highest BCUT2D eigenvalue weighted by atomic mass is 16.5. The van der Waals surface area contributed by atoms with Gasteiger partial charge in [0.1, 0.15) is 6.61 Å². The summed E-state index contributed by atoms with van der Waals surface area (Å²) in [6, 6.07) is 9.72. The molecule has 1 aromatic carbocycles. The van der Waals surface area contributed by atoms with E-state index in [4.69, 9.17) is 4.74 Å². The first-order valence-corrected chi connectivity index (χ1v) is 7.00. The normalized spacial score (nSPS) is 19.5. The quantitative estimate of drug-likeness (QED) is 0.875. The summed E-state index contributed by atoms with van der Waals surface area (Å²) < 4.78 is 5.18. The lowest BCUT2D eigenvalue weighted by Crippen LogP contribution is -2.33. The molecule has 1 fully saturated rings. The molecule has 1 aliphatic rings. The van der Waals surface area contributed by atoms with E-state index in [2.05, 4.69) is 10.6 Å². The highest BCUT2D eigenvalue weighted by Crippen LogP contribution is 2.10. The van der Waals surface area contributed by atoms with Crippen LogP contribution in [0.3, 0.4) is 0 Å². The fraction of sp³-hybridized carbons (Fsp3) is 0.533. The Morgan fingerprint density at radius 2 is 2.16 bits per heavy atom. The highest BCUT2D eigenvalue weighted by Gasteiger charge is 2.13. The third kappa shape index (κ3) is 5.30. The number of carbonyl (C=O) groups excluding carboxylic acids is 1. The average Bonchev–Trinajstić information content (AvgIpc) is 2.73. The van der Waals surface area contributed by atoms with E-state index in [0.717, 1.165) is 18.7 Å². The smallest absolute Gasteiger partial charge is 0.407 e. The summed E-state index contributed by atoms with van der Waals surface area (Å²) in [5.74, 6) is 0.520. The third-order valence-electron chi connectivity index (χ3n) is 3.40. The Bertz CT molecular complexity index is 373. The van der Waals surface area contributed by atoms with Crippen molar-refractivity contribution in [2.45, 2.75) is 25.9 Å². The van der Waals surface area contributed by atoms with E-state index < -0.39 is 0 Å². The van der Waals surface area contributed by atoms with E-state index >= 15 is 0 Å². The number of alkyl carbamates (subject to hydrolysis) is 1. The Morgan fingerprint density at radius 3 is 3.00 bits per heavy atom. The van der Waals surface area contributed by atoms with Gasteiger partial charge in [0.25, 0.3) is 0 Å². The van der Waals surface area contributed by atoms with Crippen LogP contribution < -0.4 is 10.6 Å². The third-order valence-corrected chi connectivity index (χ3v) is 3.40. The van der Waals surface area contributed by atoms with Crippen LogP contribution in [-0.2, 0) is 11.3 Å². The lowest BCUT2D eigenvalue weighted by Gasteiger charge is -2.15. The number of amides is 1. The van der Waals surface area contributed by atoms with Crippen LogP contribution in [0.2, 0.25) is 0 Å². The first-order chi connectivity index (χ1) is 9.34. The van der Waals surface area contributed by atoms with Crippen molar-refractivity contribution >= 4 is 6.09 Å². The van der Waals surface area contributed by atoms with Crippen LogP contribution in [0.15, 0.2) is 30.3 Å². The van der Waals surface area contributed by atoms with Gasteiger partial charge in [-0.25, -0.2) is 4.79 Å². The molecular formula is C15H22N2O2. The maximum atomic E-state index is 11.6. The van der Waals surface area contributed by atoms with Crippen LogP contribution in [0.1, 0.15) is 24.8 Å². The Hall–Kier alpha value is -1.55. The van der Waals surface area contributed by atoms with Gasteiger partial charge < -0.3 is 15.4 Å². The van der Waals surface area contributed by atoms with Gasteiger partial charge in [-0.3, -0.25) is 0 Å². The van der Waals surface area contributed by atoms with Gasteiger partial charge in [-0.05, 0) is 37.4 Å². The van der Waals surface area contributed by atoms with Crippen LogP contribution in [0, 0.1) is 5.92 Å². The summed E-state index contributed by atoms with van der Waals surface area (Å²) in [4.78, 5) is 11.6. The lowest BCUT2D eigenvalue weighted by atomic mass is 10.0. The number of nitrogens with one attached hydrogen (secondary N) is 2. The minimum atomic E-state index is -0.326. The number of carbonyl (C=O) groups is 1. The van der Waals surface area contributed by atoms with E-state index in [-0.39, 0.29) is 6.09 Å². The molecule has 0 aliphatic carbocycles. The number of ether oxygens (including phenoxy) is 1. The molecule has 19 heavy (non-hydrogen) atoms. The summed E-state index contributed by atoms with van der Waals surface area (Å²) in [5.41, 5.74) is 1.01. The zero-order valence-corrected chi connectivity index (χ0v) is 11.2. The van der Waals surface area contributed by atoms with Crippen molar-refractivity contribution in [1.29, 1.82) is 0 Å². The predicted molar refractivity (Wildman–Crippen MR) is 74.8 cm³/mol. The fourth-order valence-electron chi connectivity index (χ4n) is 2.27. The standard InChI is InChI=1S/C15H22N2O2/c18-15(19-12-13-6-2-1-3-7-13)17-11-14-8-4-5-9-16-10-14/h1-3,6-7,14,16H,4-5,8-12H2,(H,17,18)/t14-/m0/s1. The molecule has 1 amide bonds. The number of hydrogen-bond donors (Lipinski definition) is 2. The van der Waals surface area contributed by atoms with Crippen molar-refractivity contribution in [3.63, 3.8) is 0 Å². The molecule has 0 unspecified atom stereocenters. The maximum Gasteiger partial charge on any atom is 0.407 e. The monoisotopic (exact) mass is 262 g/mol. The topological polar surface area (TPSA) is 50.4 Å². The minimum Gasteiger partial charge on any atom is -0.445 e. The summed E-state index contributed by atoms with van der Waals surface area (Å²) >= 11 is 0. The van der Waals surface area contributed by atoms with Crippen LogP contribution >= 0.6 is 0 Å². The van der Waals surface area contributed by atoms with Crippen molar-refractivity contribution in [3.8, 4) is 0 Å². The van der Waals surface area contributed by atoms with Gasteiger partial charge >= 0.3 is 6.09 Å². The van der Waals surface area contributed by atoms with Crippen LogP contribution in [-0.4, -0.2) is 25.7 Å². The largest absolute Gasteiger partial charge is 0.445 e. The fourth-order valence-corrected chi connectivity index (χ4v) is 2.27. The Balaban J connectivity index is 1.64. The second kappa shape index (κ2) is 7.79. The second-order valence-electron chi connectivity index (χ2n) is 5.01. The van der Waals surface area contributed by atoms with Gasteiger partial charge in [0.2, 0.25) is 0 Å². The number of benzene rings is 1. The minimum absolute atomic E-state index is 0.326. The molecule has 4 heteroatoms. The molecule has 0 radical (unpaired) electrons. The second-order valence-corrected chi connectivity index (χ2v) is 5.01. The summed E-state index contributed by atoms with van der Waals surface area (Å²) in [6.45, 7) is 3.10. The summed E-state index contributed by atoms with van der Waals surface area (Å²) in [5, 5.41) is 6.24. The van der Waals surface area contributed by atoms with Gasteiger partial charge in [-0.1, -0.05) is 36.8 Å². The molecule has 1 atom stereocenters. The molecule has 0 spiro atoms. The predicted octanol–water partition coefficient (Wildman–Crippen LogP) is 2.30. The van der Waals surface area contributed by atoms with Crippen molar-refractivity contribution in [1.82, 2.24) is 10.6 Å². The molecule has 4 nitrogen and oxygen atoms in total. The van der Waals surface area contributed by atoms with Crippen molar-refractivity contribution in [3.05, 3.63) is 35.9 Å². The van der Waals surface area contributed by atoms with Crippen LogP contribution in [0.25, 0.3) is 0 Å². The molecule has 2 rings (SSSR count). The SMILES string of the molecule is O=C(NC[C@H]1CCCCNC1)OCc1ccccc1. The first kappa shape index (κ1) is 13.9. The van der Waals surface area contributed by atoms with Crippen molar-refractivity contribution in [2.75, 3.05) is 19.6 Å². The lowest BCUT2D eigenvalue weighted by molar-refractivity contribution is 0.138. The number of rotatable bonds is 4. The van der Waals surface area contributed by atoms with E-state index in [9.17, 15) is 4.79 Å². The molecule has 0 aromatic heterocycles. The molecule has 104 valence electrons. The van der Waals surface area contributed by atoms with Gasteiger partial charge in [0, 0.05) is 6.54 Å². The molecular weight excluding hydrogens is 240 g/mol. The van der Waals surface area contributed by atoms with E-state index in [1.165, 1.54) is 19.3 Å². The molecule has 1 heterocycles. The van der Waals surface area contributed by atoms with E-state index in [0.29, 0.717) is 19.1 Å². The maximum absolute atomic E-state index is 11.6. The first-order valence-electron chi connectivity index (χ1n) is 7.00. The zero-order chi connectivity index (χ0) is 13.3. The molecule has 2 N–H and O–H groups in total. The molecule has 0 saturated carbocycles.